The maximum atomic E-state index is 14.8. The summed E-state index contributed by atoms with van der Waals surface area (Å²) in [5.74, 6) is -1.31. The zero-order valence-corrected chi connectivity index (χ0v) is 20.0. The normalized spacial score (nSPS) is 11.3. The van der Waals surface area contributed by atoms with Gasteiger partial charge in [0.05, 0.1) is 16.6 Å². The summed E-state index contributed by atoms with van der Waals surface area (Å²) in [6.07, 6.45) is 0. The molecule has 0 radical (unpaired) electrons. The Labute approximate surface area is 204 Å². The van der Waals surface area contributed by atoms with E-state index in [1.54, 1.807) is 12.1 Å². The van der Waals surface area contributed by atoms with E-state index < -0.39 is 34.3 Å². The molecule has 5 nitrogen and oxygen atoms in total. The number of carbonyl (C=O) groups is 1. The summed E-state index contributed by atoms with van der Waals surface area (Å²) in [5, 5.41) is 2.93. The van der Waals surface area contributed by atoms with Crippen LogP contribution in [0.5, 0.6) is 0 Å². The van der Waals surface area contributed by atoms with Crippen molar-refractivity contribution < 1.29 is 17.6 Å². The van der Waals surface area contributed by atoms with E-state index in [0.717, 1.165) is 21.0 Å². The largest absolute Gasteiger partial charge is 0.344 e. The predicted octanol–water partition coefficient (Wildman–Crippen LogP) is 5.24. The highest BCUT2D eigenvalue weighted by Crippen LogP contribution is 2.27. The number of amides is 1. The number of halogens is 1. The van der Waals surface area contributed by atoms with Gasteiger partial charge < -0.3 is 5.32 Å². The number of aryl methyl sites for hydroxylation is 1. The number of para-hydroxylation sites is 1. The third-order valence-electron chi connectivity index (χ3n) is 5.59. The molecule has 4 aromatic rings. The van der Waals surface area contributed by atoms with Crippen molar-refractivity contribution in [2.75, 3.05) is 10.8 Å². The monoisotopic (exact) mass is 488 g/mol. The second kappa shape index (κ2) is 10.5. The van der Waals surface area contributed by atoms with E-state index in [1.807, 2.05) is 67.6 Å². The lowest BCUT2D eigenvalue weighted by atomic mass is 9.99. The molecule has 0 aliphatic carbocycles. The molecule has 0 aromatic heterocycles. The van der Waals surface area contributed by atoms with Crippen LogP contribution in [-0.2, 0) is 14.8 Å². The Morgan fingerprint density at radius 1 is 0.800 bits per heavy atom. The van der Waals surface area contributed by atoms with Gasteiger partial charge in [0.25, 0.3) is 10.0 Å². The molecule has 1 N–H and O–H groups in total. The van der Waals surface area contributed by atoms with E-state index in [1.165, 1.54) is 36.4 Å². The highest BCUT2D eigenvalue weighted by molar-refractivity contribution is 7.92. The maximum Gasteiger partial charge on any atom is 0.264 e. The van der Waals surface area contributed by atoms with Gasteiger partial charge in [-0.25, -0.2) is 12.8 Å². The molecule has 0 unspecified atom stereocenters. The number of carbonyl (C=O) groups excluding carboxylic acids is 1. The zero-order valence-electron chi connectivity index (χ0n) is 19.1. The molecule has 0 aliphatic heterocycles. The first-order chi connectivity index (χ1) is 16.9. The van der Waals surface area contributed by atoms with Gasteiger partial charge in [-0.3, -0.25) is 9.10 Å². The number of nitrogens with one attached hydrogen (secondary N) is 1. The third kappa shape index (κ3) is 5.58. The summed E-state index contributed by atoms with van der Waals surface area (Å²) >= 11 is 0. The van der Waals surface area contributed by atoms with Gasteiger partial charge in [-0.1, -0.05) is 90.5 Å². The Balaban J connectivity index is 1.69. The lowest BCUT2D eigenvalue weighted by molar-refractivity contribution is -0.120. The van der Waals surface area contributed by atoms with Gasteiger partial charge in [0.1, 0.15) is 12.4 Å². The minimum absolute atomic E-state index is 0.0261. The van der Waals surface area contributed by atoms with Gasteiger partial charge in [-0.2, -0.15) is 0 Å². The van der Waals surface area contributed by atoms with Crippen molar-refractivity contribution in [2.45, 2.75) is 17.9 Å². The van der Waals surface area contributed by atoms with E-state index in [9.17, 15) is 17.6 Å². The number of hydrogen-bond donors (Lipinski definition) is 1. The summed E-state index contributed by atoms with van der Waals surface area (Å²) in [6, 6.07) is 30.0. The number of rotatable bonds is 8. The Kier molecular flexibility index (Phi) is 7.27. The maximum absolute atomic E-state index is 14.8. The summed E-state index contributed by atoms with van der Waals surface area (Å²) in [5.41, 5.74) is 2.36. The van der Waals surface area contributed by atoms with Crippen LogP contribution >= 0.6 is 0 Å². The molecular weight excluding hydrogens is 463 g/mol. The number of benzene rings is 4. The second-order valence-corrected chi connectivity index (χ2v) is 9.96. The summed E-state index contributed by atoms with van der Waals surface area (Å²) in [4.78, 5) is 13.3. The smallest absolute Gasteiger partial charge is 0.264 e. The van der Waals surface area contributed by atoms with Crippen molar-refractivity contribution in [2.24, 2.45) is 0 Å². The molecule has 0 aliphatic rings. The van der Waals surface area contributed by atoms with Crippen molar-refractivity contribution in [1.82, 2.24) is 5.32 Å². The summed E-state index contributed by atoms with van der Waals surface area (Å²) in [7, 11) is -4.22. The van der Waals surface area contributed by atoms with Crippen LogP contribution in [-0.4, -0.2) is 20.9 Å². The van der Waals surface area contributed by atoms with Crippen LogP contribution in [0.3, 0.4) is 0 Å². The number of hydrogen-bond acceptors (Lipinski definition) is 3. The fraction of sp³-hybridized carbons (Fsp3) is 0.107. The molecule has 0 atom stereocenters. The van der Waals surface area contributed by atoms with Gasteiger partial charge in [-0.05, 0) is 42.3 Å². The van der Waals surface area contributed by atoms with Crippen LogP contribution in [0.2, 0.25) is 0 Å². The van der Waals surface area contributed by atoms with E-state index in [-0.39, 0.29) is 10.6 Å². The van der Waals surface area contributed by atoms with Crippen LogP contribution in [0.4, 0.5) is 10.1 Å². The fourth-order valence-corrected chi connectivity index (χ4v) is 5.21. The SMILES string of the molecule is Cc1ccc(S(=O)(=O)N(CC(=O)NC(c2ccccc2)c2ccccc2)c2ccccc2F)cc1. The Hall–Kier alpha value is -3.97. The quantitative estimate of drug-likeness (QED) is 0.369. The molecule has 0 spiro atoms. The molecular formula is C28H25FN2O3S. The molecule has 0 bridgehead atoms. The molecule has 0 heterocycles. The molecule has 4 rings (SSSR count). The topological polar surface area (TPSA) is 66.5 Å². The van der Waals surface area contributed by atoms with Gasteiger partial charge in [0.2, 0.25) is 5.91 Å². The Morgan fingerprint density at radius 3 is 1.86 bits per heavy atom. The van der Waals surface area contributed by atoms with E-state index in [4.69, 9.17) is 0 Å². The van der Waals surface area contributed by atoms with Gasteiger partial charge in [-0.15, -0.1) is 0 Å². The molecule has 35 heavy (non-hydrogen) atoms. The zero-order chi connectivity index (χ0) is 24.8. The minimum atomic E-state index is -4.22. The van der Waals surface area contributed by atoms with E-state index in [2.05, 4.69) is 5.32 Å². The lowest BCUT2D eigenvalue weighted by Gasteiger charge is -2.26. The summed E-state index contributed by atoms with van der Waals surface area (Å²) in [6.45, 7) is 1.25. The van der Waals surface area contributed by atoms with E-state index in [0.29, 0.717) is 0 Å². The standard InChI is InChI=1S/C28H25FN2O3S/c1-21-16-18-24(19-17-21)35(33,34)31(26-15-9-8-14-25(26)29)20-27(32)30-28(22-10-4-2-5-11-22)23-12-6-3-7-13-23/h2-19,28H,20H2,1H3,(H,30,32). The van der Waals surface area contributed by atoms with Crippen molar-refractivity contribution in [3.05, 3.63) is 132 Å². The first kappa shape index (κ1) is 24.2. The third-order valence-corrected chi connectivity index (χ3v) is 7.36. The second-order valence-electron chi connectivity index (χ2n) is 8.10. The van der Waals surface area contributed by atoms with Crippen molar-refractivity contribution in [3.8, 4) is 0 Å². The van der Waals surface area contributed by atoms with E-state index >= 15 is 0 Å². The Morgan fingerprint density at radius 2 is 1.31 bits per heavy atom. The minimum Gasteiger partial charge on any atom is -0.344 e. The van der Waals surface area contributed by atoms with Gasteiger partial charge >= 0.3 is 0 Å². The lowest BCUT2D eigenvalue weighted by Crippen LogP contribution is -2.42. The number of nitrogens with zero attached hydrogens (tertiary/aromatic N) is 1. The number of anilines is 1. The van der Waals surface area contributed by atoms with Crippen LogP contribution in [0.1, 0.15) is 22.7 Å². The average Bonchev–Trinajstić information content (AvgIpc) is 2.87. The molecule has 4 aromatic carbocycles. The Bertz CT molecular complexity index is 1350. The van der Waals surface area contributed by atoms with Crippen LogP contribution in [0.25, 0.3) is 0 Å². The molecule has 7 heteroatoms. The first-order valence-corrected chi connectivity index (χ1v) is 12.5. The summed E-state index contributed by atoms with van der Waals surface area (Å²) < 4.78 is 42.6. The van der Waals surface area contributed by atoms with Gasteiger partial charge in [0, 0.05) is 0 Å². The van der Waals surface area contributed by atoms with Crippen LogP contribution < -0.4 is 9.62 Å². The van der Waals surface area contributed by atoms with Crippen molar-refractivity contribution in [3.63, 3.8) is 0 Å². The molecule has 1 amide bonds. The van der Waals surface area contributed by atoms with Gasteiger partial charge in [0.15, 0.2) is 0 Å². The first-order valence-electron chi connectivity index (χ1n) is 11.1. The molecule has 0 saturated heterocycles. The average molecular weight is 489 g/mol. The predicted molar refractivity (Wildman–Crippen MR) is 135 cm³/mol. The highest BCUT2D eigenvalue weighted by Gasteiger charge is 2.30. The van der Waals surface area contributed by atoms with Crippen LogP contribution in [0.15, 0.2) is 114 Å². The van der Waals surface area contributed by atoms with Crippen LogP contribution in [0, 0.1) is 12.7 Å². The molecule has 0 fully saturated rings. The fourth-order valence-electron chi connectivity index (χ4n) is 3.78. The molecule has 0 saturated carbocycles. The van der Waals surface area contributed by atoms with Crippen molar-refractivity contribution in [1.29, 1.82) is 0 Å². The molecule has 178 valence electrons. The highest BCUT2D eigenvalue weighted by atomic mass is 32.2. The van der Waals surface area contributed by atoms with Crippen molar-refractivity contribution >= 4 is 21.6 Å². The number of sulfonamides is 1.